The normalized spacial score (nSPS) is 18.9. The van der Waals surface area contributed by atoms with Gasteiger partial charge in [-0.2, -0.15) is 0 Å². The Balaban J connectivity index is 2.29. The first kappa shape index (κ1) is 9.93. The topological polar surface area (TPSA) is 42.2 Å². The maximum absolute atomic E-state index is 5.77. The van der Waals surface area contributed by atoms with Gasteiger partial charge in [-0.1, -0.05) is 6.92 Å². The molecule has 1 aliphatic carbocycles. The number of hydrogen-bond donors (Lipinski definition) is 1. The zero-order chi connectivity index (χ0) is 10.3. The summed E-state index contributed by atoms with van der Waals surface area (Å²) in [7, 11) is 4.13. The number of rotatable bonds is 3. The first-order chi connectivity index (χ1) is 6.51. The maximum atomic E-state index is 5.77. The number of hydrogen-bond acceptors (Lipinski definition) is 4. The van der Waals surface area contributed by atoms with E-state index in [2.05, 4.69) is 30.9 Å². The van der Waals surface area contributed by atoms with Crippen molar-refractivity contribution in [1.29, 1.82) is 0 Å². The zero-order valence-corrected chi connectivity index (χ0v) is 9.82. The first-order valence-corrected chi connectivity index (χ1v) is 5.73. The van der Waals surface area contributed by atoms with Crippen molar-refractivity contribution in [2.75, 3.05) is 19.8 Å². The van der Waals surface area contributed by atoms with Gasteiger partial charge in [-0.3, -0.25) is 0 Å². The predicted molar refractivity (Wildman–Crippen MR) is 60.5 cm³/mol. The number of nitrogen functional groups attached to an aromatic ring is 1. The fourth-order valence-corrected chi connectivity index (χ4v) is 2.71. The van der Waals surface area contributed by atoms with Crippen LogP contribution in [0.1, 0.15) is 30.3 Å². The van der Waals surface area contributed by atoms with E-state index >= 15 is 0 Å². The van der Waals surface area contributed by atoms with Crippen LogP contribution in [0.2, 0.25) is 0 Å². The molecule has 3 nitrogen and oxygen atoms in total. The van der Waals surface area contributed by atoms with E-state index in [1.54, 1.807) is 11.3 Å². The van der Waals surface area contributed by atoms with E-state index in [4.69, 9.17) is 5.73 Å². The molecule has 2 N–H and O–H groups in total. The lowest BCUT2D eigenvalue weighted by Crippen LogP contribution is -2.14. The lowest BCUT2D eigenvalue weighted by molar-refractivity contribution is 0.395. The Kier molecular flexibility index (Phi) is 2.27. The monoisotopic (exact) mass is 211 g/mol. The molecule has 0 unspecified atom stereocenters. The molecule has 1 fully saturated rings. The standard InChI is InChI=1S/C10H17N3S/c1-10(4-5-10)8-7(6-13(2)3)12-9(11)14-8/h4-6H2,1-3H3,(H2,11,12). The van der Waals surface area contributed by atoms with Gasteiger partial charge in [0.05, 0.1) is 5.69 Å². The summed E-state index contributed by atoms with van der Waals surface area (Å²) in [6.07, 6.45) is 2.57. The van der Waals surface area contributed by atoms with Crippen molar-refractivity contribution < 1.29 is 0 Å². The minimum absolute atomic E-state index is 0.390. The van der Waals surface area contributed by atoms with Crippen LogP contribution in [0.5, 0.6) is 0 Å². The van der Waals surface area contributed by atoms with Gasteiger partial charge in [0, 0.05) is 16.8 Å². The second kappa shape index (κ2) is 3.21. The summed E-state index contributed by atoms with van der Waals surface area (Å²) < 4.78 is 0. The molecule has 78 valence electrons. The zero-order valence-electron chi connectivity index (χ0n) is 9.00. The van der Waals surface area contributed by atoms with Crippen LogP contribution in [0.15, 0.2) is 0 Å². The van der Waals surface area contributed by atoms with Crippen molar-refractivity contribution in [3.05, 3.63) is 10.6 Å². The summed E-state index contributed by atoms with van der Waals surface area (Å²) in [5.41, 5.74) is 7.34. The second-order valence-electron chi connectivity index (χ2n) is 4.63. The fourth-order valence-electron chi connectivity index (χ4n) is 1.66. The lowest BCUT2D eigenvalue weighted by atomic mass is 10.1. The molecule has 0 atom stereocenters. The van der Waals surface area contributed by atoms with Gasteiger partial charge < -0.3 is 10.6 Å². The Morgan fingerprint density at radius 3 is 2.64 bits per heavy atom. The lowest BCUT2D eigenvalue weighted by Gasteiger charge is -2.11. The summed E-state index contributed by atoms with van der Waals surface area (Å²) in [6, 6.07) is 0. The maximum Gasteiger partial charge on any atom is 0.180 e. The Bertz CT molecular complexity index is 339. The molecule has 1 aliphatic rings. The summed E-state index contributed by atoms with van der Waals surface area (Å²) >= 11 is 1.67. The third-order valence-electron chi connectivity index (χ3n) is 2.73. The van der Waals surface area contributed by atoms with Crippen molar-refractivity contribution in [3.63, 3.8) is 0 Å². The van der Waals surface area contributed by atoms with Crippen molar-refractivity contribution in [1.82, 2.24) is 9.88 Å². The van der Waals surface area contributed by atoms with E-state index < -0.39 is 0 Å². The highest BCUT2D eigenvalue weighted by molar-refractivity contribution is 7.15. The molecule has 0 radical (unpaired) electrons. The van der Waals surface area contributed by atoms with Crippen LogP contribution in [-0.4, -0.2) is 24.0 Å². The van der Waals surface area contributed by atoms with Gasteiger partial charge in [0.1, 0.15) is 0 Å². The summed E-state index contributed by atoms with van der Waals surface area (Å²) in [4.78, 5) is 7.96. The van der Waals surface area contributed by atoms with Crippen LogP contribution in [-0.2, 0) is 12.0 Å². The van der Waals surface area contributed by atoms with Crippen LogP contribution < -0.4 is 5.73 Å². The molecule has 0 bridgehead atoms. The number of nitrogens with zero attached hydrogens (tertiary/aromatic N) is 2. The summed E-state index contributed by atoms with van der Waals surface area (Å²) in [6.45, 7) is 3.21. The van der Waals surface area contributed by atoms with E-state index in [9.17, 15) is 0 Å². The number of thiazole rings is 1. The Morgan fingerprint density at radius 1 is 1.50 bits per heavy atom. The smallest absolute Gasteiger partial charge is 0.180 e. The third-order valence-corrected chi connectivity index (χ3v) is 3.96. The molecule has 0 amide bonds. The van der Waals surface area contributed by atoms with E-state index in [-0.39, 0.29) is 0 Å². The highest BCUT2D eigenvalue weighted by Gasteiger charge is 2.42. The minimum atomic E-state index is 0.390. The highest BCUT2D eigenvalue weighted by atomic mass is 32.1. The molecule has 4 heteroatoms. The first-order valence-electron chi connectivity index (χ1n) is 4.92. The van der Waals surface area contributed by atoms with Crippen LogP contribution in [0.25, 0.3) is 0 Å². The van der Waals surface area contributed by atoms with E-state index in [1.807, 2.05) is 0 Å². The van der Waals surface area contributed by atoms with Crippen LogP contribution >= 0.6 is 11.3 Å². The van der Waals surface area contributed by atoms with Gasteiger partial charge in [-0.25, -0.2) is 4.98 Å². The van der Waals surface area contributed by atoms with Crippen LogP contribution in [0, 0.1) is 0 Å². The molecule has 0 aromatic carbocycles. The molecule has 1 heterocycles. The minimum Gasteiger partial charge on any atom is -0.375 e. The number of anilines is 1. The quantitative estimate of drug-likeness (QED) is 0.829. The molecule has 2 rings (SSSR count). The van der Waals surface area contributed by atoms with Crippen LogP contribution in [0.4, 0.5) is 5.13 Å². The molecule has 1 aromatic heterocycles. The molecular weight excluding hydrogens is 194 g/mol. The Morgan fingerprint density at radius 2 is 2.14 bits per heavy atom. The number of aromatic nitrogens is 1. The van der Waals surface area contributed by atoms with Gasteiger partial charge in [0.15, 0.2) is 5.13 Å². The van der Waals surface area contributed by atoms with Gasteiger partial charge >= 0.3 is 0 Å². The molecule has 1 aromatic rings. The molecule has 14 heavy (non-hydrogen) atoms. The van der Waals surface area contributed by atoms with Crippen LogP contribution in [0.3, 0.4) is 0 Å². The Labute approximate surface area is 88.9 Å². The van der Waals surface area contributed by atoms with E-state index in [0.717, 1.165) is 6.54 Å². The van der Waals surface area contributed by atoms with Gasteiger partial charge in [0.2, 0.25) is 0 Å². The molecule has 0 aliphatic heterocycles. The second-order valence-corrected chi connectivity index (χ2v) is 5.66. The van der Waals surface area contributed by atoms with E-state index in [0.29, 0.717) is 10.5 Å². The third kappa shape index (κ3) is 1.77. The van der Waals surface area contributed by atoms with Gasteiger partial charge in [-0.05, 0) is 26.9 Å². The molecule has 0 saturated heterocycles. The summed E-state index contributed by atoms with van der Waals surface area (Å²) in [5, 5.41) is 0.713. The van der Waals surface area contributed by atoms with Crippen molar-refractivity contribution >= 4 is 16.5 Å². The van der Waals surface area contributed by atoms with Crippen molar-refractivity contribution in [3.8, 4) is 0 Å². The molecule has 0 spiro atoms. The highest BCUT2D eigenvalue weighted by Crippen LogP contribution is 2.51. The predicted octanol–water partition coefficient (Wildman–Crippen LogP) is 1.84. The van der Waals surface area contributed by atoms with Gasteiger partial charge in [-0.15, -0.1) is 11.3 Å². The molecular formula is C10H17N3S. The number of nitrogens with two attached hydrogens (primary N) is 1. The molecule has 1 saturated carbocycles. The fraction of sp³-hybridized carbons (Fsp3) is 0.700. The largest absolute Gasteiger partial charge is 0.375 e. The summed E-state index contributed by atoms with van der Waals surface area (Å²) in [5.74, 6) is 0. The van der Waals surface area contributed by atoms with Gasteiger partial charge in [0.25, 0.3) is 0 Å². The van der Waals surface area contributed by atoms with Crippen molar-refractivity contribution in [2.24, 2.45) is 0 Å². The van der Waals surface area contributed by atoms with Crippen molar-refractivity contribution in [2.45, 2.75) is 31.7 Å². The Hall–Kier alpha value is -0.610. The van der Waals surface area contributed by atoms with E-state index in [1.165, 1.54) is 23.4 Å². The average Bonchev–Trinajstić information content (AvgIpc) is 2.68. The SMILES string of the molecule is CN(C)Cc1nc(N)sc1C1(C)CC1. The average molecular weight is 211 g/mol.